The molecule has 120 valence electrons. The number of benzene rings is 1. The summed E-state index contributed by atoms with van der Waals surface area (Å²) in [4.78, 5) is 1.16. The normalized spacial score (nSPS) is 12.0. The Morgan fingerprint density at radius 2 is 2.00 bits per heavy atom. The second kappa shape index (κ2) is 9.02. The lowest BCUT2D eigenvalue weighted by Gasteiger charge is -2.22. The van der Waals surface area contributed by atoms with Gasteiger partial charge >= 0.3 is 6.18 Å². The van der Waals surface area contributed by atoms with Gasteiger partial charge in [0.2, 0.25) is 0 Å². The summed E-state index contributed by atoms with van der Waals surface area (Å²) in [5.74, 6) is 0.657. The van der Waals surface area contributed by atoms with Crippen LogP contribution in [0.25, 0.3) is 0 Å². The Kier molecular flexibility index (Phi) is 8.07. The average molecular weight is 438 g/mol. The van der Waals surface area contributed by atoms with E-state index in [1.807, 2.05) is 0 Å². The van der Waals surface area contributed by atoms with Gasteiger partial charge in [-0.05, 0) is 47.2 Å². The highest BCUT2D eigenvalue weighted by Gasteiger charge is 2.30. The zero-order valence-electron chi connectivity index (χ0n) is 11.2. The summed E-state index contributed by atoms with van der Waals surface area (Å²) in [5.41, 5.74) is 0. The van der Waals surface area contributed by atoms with Crippen LogP contribution in [0.5, 0.6) is 5.75 Å². The van der Waals surface area contributed by atoms with Gasteiger partial charge in [0.25, 0.3) is 0 Å². The van der Waals surface area contributed by atoms with Crippen LogP contribution >= 0.6 is 34.2 Å². The molecule has 0 saturated carbocycles. The molecule has 0 radical (unpaired) electrons. The number of nitrogens with zero attached hydrogens (tertiary/aromatic N) is 1. The van der Waals surface area contributed by atoms with Gasteiger partial charge in [-0.2, -0.15) is 13.2 Å². The number of hydrogen-bond acceptors (Lipinski definition) is 3. The van der Waals surface area contributed by atoms with Crippen molar-refractivity contribution in [2.45, 2.75) is 12.6 Å². The molecule has 8 heteroatoms. The Morgan fingerprint density at radius 1 is 1.29 bits per heavy atom. The van der Waals surface area contributed by atoms with E-state index in [0.29, 0.717) is 23.8 Å². The van der Waals surface area contributed by atoms with Crippen molar-refractivity contribution in [1.82, 2.24) is 4.90 Å². The first kappa shape index (κ1) is 18.8. The van der Waals surface area contributed by atoms with E-state index in [2.05, 4.69) is 22.6 Å². The molecule has 0 aliphatic heterocycles. The van der Waals surface area contributed by atoms with Crippen LogP contribution in [-0.2, 0) is 0 Å². The maximum Gasteiger partial charge on any atom is 0.401 e. The summed E-state index contributed by atoms with van der Waals surface area (Å²) in [6, 6.07) is 5.17. The molecule has 1 rings (SSSR count). The van der Waals surface area contributed by atoms with E-state index < -0.39 is 12.7 Å². The summed E-state index contributed by atoms with van der Waals surface area (Å²) >= 11 is 7.90. The summed E-state index contributed by atoms with van der Waals surface area (Å²) in [5, 5.41) is 9.38. The van der Waals surface area contributed by atoms with Crippen LogP contribution < -0.4 is 4.74 Å². The van der Waals surface area contributed by atoms with Crippen LogP contribution in [0.1, 0.15) is 6.42 Å². The zero-order valence-corrected chi connectivity index (χ0v) is 14.1. The van der Waals surface area contributed by atoms with Crippen LogP contribution in [0.15, 0.2) is 18.2 Å². The van der Waals surface area contributed by atoms with Crippen LogP contribution in [0, 0.1) is 3.57 Å². The molecule has 1 aromatic carbocycles. The highest BCUT2D eigenvalue weighted by Crippen LogP contribution is 2.24. The molecule has 0 heterocycles. The molecule has 0 bridgehead atoms. The van der Waals surface area contributed by atoms with E-state index in [0.717, 1.165) is 8.47 Å². The highest BCUT2D eigenvalue weighted by atomic mass is 127. The van der Waals surface area contributed by atoms with Crippen molar-refractivity contribution >= 4 is 34.2 Å². The summed E-state index contributed by atoms with van der Waals surface area (Å²) < 4.78 is 43.3. The third-order valence-corrected chi connectivity index (χ3v) is 3.67. The average Bonchev–Trinajstić information content (AvgIpc) is 2.35. The molecule has 0 fully saturated rings. The zero-order chi connectivity index (χ0) is 15.9. The SMILES string of the molecule is OCCN(CCCOc1ccc(Cl)cc1I)CC(F)(F)F. The number of alkyl halides is 3. The molecule has 0 spiro atoms. The number of aliphatic hydroxyl groups is 1. The molecular formula is C13H16ClF3INO2. The summed E-state index contributed by atoms with van der Waals surface area (Å²) in [6.45, 7) is -0.808. The predicted octanol–water partition coefficient (Wildman–Crippen LogP) is 3.57. The largest absolute Gasteiger partial charge is 0.492 e. The number of aliphatic hydroxyl groups excluding tert-OH is 1. The lowest BCUT2D eigenvalue weighted by Crippen LogP contribution is -2.37. The molecule has 0 unspecified atom stereocenters. The Hall–Kier alpha value is -0.250. The number of hydrogen-bond donors (Lipinski definition) is 1. The maximum absolute atomic E-state index is 12.3. The van der Waals surface area contributed by atoms with Crippen LogP contribution in [0.2, 0.25) is 5.02 Å². The Labute approximate surface area is 140 Å². The number of ether oxygens (including phenoxy) is 1. The Bertz CT molecular complexity index is 446. The number of halogens is 5. The van der Waals surface area contributed by atoms with E-state index in [-0.39, 0.29) is 19.7 Å². The lowest BCUT2D eigenvalue weighted by molar-refractivity contribution is -0.147. The minimum absolute atomic E-state index is 0.00199. The molecule has 0 amide bonds. The summed E-state index contributed by atoms with van der Waals surface area (Å²) in [7, 11) is 0. The molecule has 0 saturated heterocycles. The lowest BCUT2D eigenvalue weighted by atomic mass is 10.3. The fourth-order valence-electron chi connectivity index (χ4n) is 1.73. The van der Waals surface area contributed by atoms with Crippen molar-refractivity contribution in [2.24, 2.45) is 0 Å². The van der Waals surface area contributed by atoms with Crippen molar-refractivity contribution in [3.05, 3.63) is 26.8 Å². The minimum atomic E-state index is -4.26. The van der Waals surface area contributed by atoms with E-state index in [1.54, 1.807) is 18.2 Å². The monoisotopic (exact) mass is 437 g/mol. The highest BCUT2D eigenvalue weighted by molar-refractivity contribution is 14.1. The van der Waals surface area contributed by atoms with E-state index in [1.165, 1.54) is 0 Å². The van der Waals surface area contributed by atoms with Gasteiger partial charge in [0.15, 0.2) is 0 Å². The molecule has 0 aliphatic rings. The van der Waals surface area contributed by atoms with Gasteiger partial charge in [0.05, 0.1) is 23.3 Å². The van der Waals surface area contributed by atoms with Gasteiger partial charge in [-0.3, -0.25) is 4.90 Å². The molecular weight excluding hydrogens is 421 g/mol. The molecule has 0 aromatic heterocycles. The first-order valence-electron chi connectivity index (χ1n) is 6.29. The third-order valence-electron chi connectivity index (χ3n) is 2.59. The van der Waals surface area contributed by atoms with Gasteiger partial charge in [-0.1, -0.05) is 11.6 Å². The fourth-order valence-corrected chi connectivity index (χ4v) is 2.75. The maximum atomic E-state index is 12.3. The first-order valence-corrected chi connectivity index (χ1v) is 7.75. The van der Waals surface area contributed by atoms with E-state index >= 15 is 0 Å². The van der Waals surface area contributed by atoms with Gasteiger partial charge in [0, 0.05) is 18.1 Å². The fraction of sp³-hybridized carbons (Fsp3) is 0.538. The molecule has 1 N–H and O–H groups in total. The second-order valence-electron chi connectivity index (χ2n) is 4.39. The summed E-state index contributed by atoms with van der Waals surface area (Å²) in [6.07, 6.45) is -3.82. The van der Waals surface area contributed by atoms with Gasteiger partial charge < -0.3 is 9.84 Å². The molecule has 3 nitrogen and oxygen atoms in total. The predicted molar refractivity (Wildman–Crippen MR) is 83.9 cm³/mol. The van der Waals surface area contributed by atoms with Crippen LogP contribution in [0.4, 0.5) is 13.2 Å². The molecule has 0 atom stereocenters. The molecule has 21 heavy (non-hydrogen) atoms. The van der Waals surface area contributed by atoms with Crippen LogP contribution in [0.3, 0.4) is 0 Å². The van der Waals surface area contributed by atoms with Crippen molar-refractivity contribution in [1.29, 1.82) is 0 Å². The number of rotatable bonds is 8. The van der Waals surface area contributed by atoms with Crippen LogP contribution in [-0.4, -0.2) is 49.0 Å². The molecule has 0 aliphatic carbocycles. The van der Waals surface area contributed by atoms with E-state index in [9.17, 15) is 13.2 Å². The Balaban J connectivity index is 2.36. The van der Waals surface area contributed by atoms with E-state index in [4.69, 9.17) is 21.4 Å². The van der Waals surface area contributed by atoms with Gasteiger partial charge in [-0.25, -0.2) is 0 Å². The van der Waals surface area contributed by atoms with Crippen molar-refractivity contribution in [3.8, 4) is 5.75 Å². The topological polar surface area (TPSA) is 32.7 Å². The first-order chi connectivity index (χ1) is 9.81. The molecule has 1 aromatic rings. The van der Waals surface area contributed by atoms with Crippen molar-refractivity contribution in [2.75, 3.05) is 32.8 Å². The quantitative estimate of drug-likeness (QED) is 0.499. The third kappa shape index (κ3) is 8.08. The smallest absolute Gasteiger partial charge is 0.401 e. The van der Waals surface area contributed by atoms with Crippen molar-refractivity contribution in [3.63, 3.8) is 0 Å². The minimum Gasteiger partial charge on any atom is -0.492 e. The standard InChI is InChI=1S/C13H16ClF3INO2/c14-10-2-3-12(11(18)8-10)21-7-1-4-19(5-6-20)9-13(15,16)17/h2-3,8,20H,1,4-7,9H2. The van der Waals surface area contributed by atoms with Gasteiger partial charge in [-0.15, -0.1) is 0 Å². The Morgan fingerprint density at radius 3 is 2.57 bits per heavy atom. The van der Waals surface area contributed by atoms with Crippen molar-refractivity contribution < 1.29 is 23.0 Å². The van der Waals surface area contributed by atoms with Gasteiger partial charge in [0.1, 0.15) is 5.75 Å². The second-order valence-corrected chi connectivity index (χ2v) is 5.99.